The summed E-state index contributed by atoms with van der Waals surface area (Å²) < 4.78 is 1.07. The number of fused-ring (bicyclic) bond motifs is 2. The van der Waals surface area contributed by atoms with E-state index in [2.05, 4.69) is 21.3 Å². The van der Waals surface area contributed by atoms with Crippen LogP contribution < -0.4 is 16.0 Å². The van der Waals surface area contributed by atoms with E-state index in [1.807, 2.05) is 36.4 Å². The summed E-state index contributed by atoms with van der Waals surface area (Å²) >= 11 is 1.55. The second kappa shape index (κ2) is 7.62. The van der Waals surface area contributed by atoms with Gasteiger partial charge in [-0.15, -0.1) is 11.3 Å². The van der Waals surface area contributed by atoms with Gasteiger partial charge in [-0.2, -0.15) is 0 Å². The summed E-state index contributed by atoms with van der Waals surface area (Å²) in [5, 5.41) is 13.2. The van der Waals surface area contributed by atoms with Crippen LogP contribution >= 0.6 is 11.3 Å². The van der Waals surface area contributed by atoms with E-state index in [9.17, 15) is 14.7 Å². The molecule has 0 bridgehead atoms. The second-order valence-corrected chi connectivity index (χ2v) is 9.70. The molecule has 7 nitrogen and oxygen atoms in total. The molecule has 1 fully saturated rings. The number of amides is 1. The highest BCUT2D eigenvalue weighted by Crippen LogP contribution is 2.40. The number of aliphatic carboxylic acids is 1. The SMILES string of the molecule is NC1CN(c2ccc3nc(CNC(=O)C4(CC(=O)O)Cc5ccccc5C4)sc3c2)C1. The Morgan fingerprint density at radius 3 is 2.55 bits per heavy atom. The Kier molecular flexibility index (Phi) is 4.91. The summed E-state index contributed by atoms with van der Waals surface area (Å²) in [6.07, 6.45) is 0.708. The first kappa shape index (κ1) is 20.0. The van der Waals surface area contributed by atoms with E-state index < -0.39 is 11.4 Å². The molecule has 1 aromatic heterocycles. The van der Waals surface area contributed by atoms with Gasteiger partial charge in [-0.1, -0.05) is 24.3 Å². The van der Waals surface area contributed by atoms with Crippen molar-refractivity contribution in [2.45, 2.75) is 31.8 Å². The third-order valence-corrected chi connectivity index (χ3v) is 7.26. The smallest absolute Gasteiger partial charge is 0.304 e. The molecule has 1 saturated heterocycles. The number of anilines is 1. The van der Waals surface area contributed by atoms with E-state index in [0.717, 1.165) is 45.1 Å². The van der Waals surface area contributed by atoms with Crippen LogP contribution in [0.2, 0.25) is 0 Å². The lowest BCUT2D eigenvalue weighted by atomic mass is 9.80. The Morgan fingerprint density at radius 1 is 1.19 bits per heavy atom. The minimum atomic E-state index is -0.957. The van der Waals surface area contributed by atoms with Crippen molar-refractivity contribution in [1.29, 1.82) is 0 Å². The van der Waals surface area contributed by atoms with Gasteiger partial charge >= 0.3 is 5.97 Å². The lowest BCUT2D eigenvalue weighted by Gasteiger charge is -2.38. The van der Waals surface area contributed by atoms with Crippen molar-refractivity contribution in [1.82, 2.24) is 10.3 Å². The number of nitrogens with zero attached hydrogens (tertiary/aromatic N) is 2. The number of hydrogen-bond acceptors (Lipinski definition) is 6. The number of thiazole rings is 1. The number of nitrogens with one attached hydrogen (secondary N) is 1. The van der Waals surface area contributed by atoms with Gasteiger partial charge in [0.1, 0.15) is 5.01 Å². The van der Waals surface area contributed by atoms with Crippen molar-refractivity contribution in [2.24, 2.45) is 11.1 Å². The molecule has 0 unspecified atom stereocenters. The maximum absolute atomic E-state index is 13.2. The van der Waals surface area contributed by atoms with E-state index in [0.29, 0.717) is 19.4 Å². The molecule has 0 spiro atoms. The Labute approximate surface area is 183 Å². The van der Waals surface area contributed by atoms with Crippen molar-refractivity contribution < 1.29 is 14.7 Å². The molecule has 31 heavy (non-hydrogen) atoms. The molecule has 2 heterocycles. The molecule has 2 aliphatic rings. The summed E-state index contributed by atoms with van der Waals surface area (Å²) in [4.78, 5) is 31.6. The Bertz CT molecular complexity index is 1140. The summed E-state index contributed by atoms with van der Waals surface area (Å²) in [5.41, 5.74) is 9.08. The number of carbonyl (C=O) groups excluding carboxylic acids is 1. The zero-order valence-electron chi connectivity index (χ0n) is 17.0. The van der Waals surface area contributed by atoms with Crippen LogP contribution in [0, 0.1) is 5.41 Å². The molecule has 0 saturated carbocycles. The minimum Gasteiger partial charge on any atom is -0.481 e. The van der Waals surface area contributed by atoms with Crippen LogP contribution in [0.3, 0.4) is 0 Å². The standard InChI is InChI=1S/C23H24N4O3S/c24-16-12-27(13-16)17-5-6-18-19(7-17)31-20(26-18)11-25-22(30)23(10-21(28)29)8-14-3-1-2-4-15(14)9-23/h1-7,16H,8-13,24H2,(H,25,30)(H,28,29). The zero-order chi connectivity index (χ0) is 21.6. The van der Waals surface area contributed by atoms with E-state index >= 15 is 0 Å². The van der Waals surface area contributed by atoms with Gasteiger partial charge < -0.3 is 21.1 Å². The summed E-state index contributed by atoms with van der Waals surface area (Å²) in [6, 6.07) is 14.2. The topological polar surface area (TPSA) is 109 Å². The number of carboxylic acids is 1. The summed E-state index contributed by atoms with van der Waals surface area (Å²) in [5.74, 6) is -1.18. The number of carbonyl (C=O) groups is 2. The van der Waals surface area contributed by atoms with Gasteiger partial charge in [0.15, 0.2) is 0 Å². The molecule has 0 atom stereocenters. The van der Waals surface area contributed by atoms with Crippen molar-refractivity contribution in [3.05, 3.63) is 58.6 Å². The molecule has 1 amide bonds. The fourth-order valence-corrected chi connectivity index (χ4v) is 5.59. The fraction of sp³-hybridized carbons (Fsp3) is 0.348. The monoisotopic (exact) mass is 436 g/mol. The second-order valence-electron chi connectivity index (χ2n) is 8.58. The Balaban J connectivity index is 1.31. The molecule has 1 aliphatic carbocycles. The molecule has 1 aliphatic heterocycles. The van der Waals surface area contributed by atoms with E-state index in [1.165, 1.54) is 0 Å². The fourth-order valence-electron chi connectivity index (χ4n) is 4.65. The van der Waals surface area contributed by atoms with E-state index in [1.54, 1.807) is 11.3 Å². The quantitative estimate of drug-likeness (QED) is 0.547. The number of hydrogen-bond donors (Lipinski definition) is 3. The first-order chi connectivity index (χ1) is 14.9. The van der Waals surface area contributed by atoms with Crippen molar-refractivity contribution in [3.63, 3.8) is 0 Å². The first-order valence-corrected chi connectivity index (χ1v) is 11.2. The summed E-state index contributed by atoms with van der Waals surface area (Å²) in [6.45, 7) is 2.02. The highest BCUT2D eigenvalue weighted by Gasteiger charge is 2.45. The maximum Gasteiger partial charge on any atom is 0.304 e. The van der Waals surface area contributed by atoms with Crippen molar-refractivity contribution in [3.8, 4) is 0 Å². The lowest BCUT2D eigenvalue weighted by molar-refractivity contribution is -0.145. The van der Waals surface area contributed by atoms with Crippen LogP contribution in [0.25, 0.3) is 10.2 Å². The molecular weight excluding hydrogens is 412 g/mol. The van der Waals surface area contributed by atoms with Gasteiger partial charge in [-0.05, 0) is 42.2 Å². The number of rotatable bonds is 6. The zero-order valence-corrected chi connectivity index (χ0v) is 17.8. The Hall–Kier alpha value is -2.97. The highest BCUT2D eigenvalue weighted by molar-refractivity contribution is 7.18. The number of carboxylic acid groups (broad SMARTS) is 1. The first-order valence-electron chi connectivity index (χ1n) is 10.4. The van der Waals surface area contributed by atoms with Gasteiger partial charge in [0.05, 0.1) is 28.6 Å². The van der Waals surface area contributed by atoms with Gasteiger partial charge in [0.2, 0.25) is 5.91 Å². The van der Waals surface area contributed by atoms with Crippen molar-refractivity contribution in [2.75, 3.05) is 18.0 Å². The molecule has 3 aromatic rings. The molecule has 0 radical (unpaired) electrons. The third-order valence-electron chi connectivity index (χ3n) is 6.24. The van der Waals surface area contributed by atoms with Crippen molar-refractivity contribution >= 4 is 39.1 Å². The van der Waals surface area contributed by atoms with Crippen LogP contribution in [0.15, 0.2) is 42.5 Å². The average molecular weight is 437 g/mol. The number of nitrogens with two attached hydrogens (primary N) is 1. The maximum atomic E-state index is 13.2. The molecule has 4 N–H and O–H groups in total. The Morgan fingerprint density at radius 2 is 1.90 bits per heavy atom. The third kappa shape index (κ3) is 3.77. The minimum absolute atomic E-state index is 0.186. The average Bonchev–Trinajstić information content (AvgIpc) is 3.29. The molecule has 8 heteroatoms. The van der Waals surface area contributed by atoms with E-state index in [4.69, 9.17) is 5.73 Å². The molecule has 5 rings (SSSR count). The summed E-state index contributed by atoms with van der Waals surface area (Å²) in [7, 11) is 0. The van der Waals surface area contributed by atoms with Crippen LogP contribution in [-0.2, 0) is 29.0 Å². The normalized spacial score (nSPS) is 17.4. The van der Waals surface area contributed by atoms with Gasteiger partial charge in [0, 0.05) is 24.8 Å². The van der Waals surface area contributed by atoms with Gasteiger partial charge in [-0.3, -0.25) is 9.59 Å². The molecular formula is C23H24N4O3S. The van der Waals surface area contributed by atoms with Gasteiger partial charge in [0.25, 0.3) is 0 Å². The number of aromatic nitrogens is 1. The van der Waals surface area contributed by atoms with Crippen LogP contribution in [-0.4, -0.2) is 41.1 Å². The van der Waals surface area contributed by atoms with Crippen LogP contribution in [0.4, 0.5) is 5.69 Å². The predicted molar refractivity (Wildman–Crippen MR) is 120 cm³/mol. The largest absolute Gasteiger partial charge is 0.481 e. The van der Waals surface area contributed by atoms with Crippen LogP contribution in [0.5, 0.6) is 0 Å². The molecule has 2 aromatic carbocycles. The molecule has 160 valence electrons. The van der Waals surface area contributed by atoms with Crippen LogP contribution in [0.1, 0.15) is 22.6 Å². The highest BCUT2D eigenvalue weighted by atomic mass is 32.1. The number of benzene rings is 2. The lowest BCUT2D eigenvalue weighted by Crippen LogP contribution is -2.55. The van der Waals surface area contributed by atoms with E-state index in [-0.39, 0.29) is 18.4 Å². The predicted octanol–water partition coefficient (Wildman–Crippen LogP) is 2.32. The van der Waals surface area contributed by atoms with Gasteiger partial charge in [-0.25, -0.2) is 4.98 Å².